The minimum Gasteiger partial charge on any atom is -0.330 e. The lowest BCUT2D eigenvalue weighted by atomic mass is 10.2. The average Bonchev–Trinajstić information content (AvgIpc) is 2.51. The maximum Gasteiger partial charge on any atom is 0.0897 e. The molecule has 0 amide bonds. The van der Waals surface area contributed by atoms with Crippen molar-refractivity contribution in [3.63, 3.8) is 0 Å². The molecule has 0 fully saturated rings. The standard InChI is InChI=1S/C10H19N3S/c1-8(4-5-11)13(3)6-10-7-14-9(2)12-10/h7-8H,4-6,11H2,1-3H3. The lowest BCUT2D eigenvalue weighted by Crippen LogP contribution is -2.30. The normalized spacial score (nSPS) is 13.5. The third-order valence-electron chi connectivity index (χ3n) is 2.41. The Labute approximate surface area is 89.9 Å². The van der Waals surface area contributed by atoms with E-state index in [4.69, 9.17) is 5.73 Å². The monoisotopic (exact) mass is 213 g/mol. The van der Waals surface area contributed by atoms with Gasteiger partial charge in [0.1, 0.15) is 0 Å². The fourth-order valence-corrected chi connectivity index (χ4v) is 1.96. The molecule has 2 N–H and O–H groups in total. The van der Waals surface area contributed by atoms with Crippen molar-refractivity contribution in [2.24, 2.45) is 5.73 Å². The van der Waals surface area contributed by atoms with E-state index in [0.717, 1.165) is 24.5 Å². The fourth-order valence-electron chi connectivity index (χ4n) is 1.35. The second kappa shape index (κ2) is 5.44. The highest BCUT2D eigenvalue weighted by Crippen LogP contribution is 2.11. The van der Waals surface area contributed by atoms with Crippen molar-refractivity contribution in [2.75, 3.05) is 13.6 Å². The molecule has 14 heavy (non-hydrogen) atoms. The van der Waals surface area contributed by atoms with Crippen LogP contribution in [0.4, 0.5) is 0 Å². The zero-order valence-corrected chi connectivity index (χ0v) is 9.97. The highest BCUT2D eigenvalue weighted by molar-refractivity contribution is 7.09. The van der Waals surface area contributed by atoms with Crippen LogP contribution in [0.2, 0.25) is 0 Å². The molecular formula is C10H19N3S. The van der Waals surface area contributed by atoms with E-state index in [1.54, 1.807) is 11.3 Å². The number of rotatable bonds is 5. The predicted molar refractivity (Wildman–Crippen MR) is 61.5 cm³/mol. The van der Waals surface area contributed by atoms with Gasteiger partial charge in [-0.25, -0.2) is 4.98 Å². The summed E-state index contributed by atoms with van der Waals surface area (Å²) in [7, 11) is 2.12. The lowest BCUT2D eigenvalue weighted by Gasteiger charge is -2.23. The Morgan fingerprint density at radius 2 is 2.36 bits per heavy atom. The maximum absolute atomic E-state index is 5.52. The largest absolute Gasteiger partial charge is 0.330 e. The molecule has 0 bridgehead atoms. The van der Waals surface area contributed by atoms with Crippen LogP contribution >= 0.6 is 11.3 Å². The summed E-state index contributed by atoms with van der Waals surface area (Å²) in [5, 5.41) is 3.26. The van der Waals surface area contributed by atoms with Gasteiger partial charge in [0.25, 0.3) is 0 Å². The highest BCUT2D eigenvalue weighted by Gasteiger charge is 2.09. The Morgan fingerprint density at radius 3 is 2.86 bits per heavy atom. The van der Waals surface area contributed by atoms with Crippen LogP contribution in [-0.4, -0.2) is 29.5 Å². The number of thiazole rings is 1. The van der Waals surface area contributed by atoms with Crippen molar-refractivity contribution in [2.45, 2.75) is 32.9 Å². The van der Waals surface area contributed by atoms with Gasteiger partial charge >= 0.3 is 0 Å². The molecule has 4 heteroatoms. The second-order valence-corrected chi connectivity index (χ2v) is 4.76. The number of nitrogens with two attached hydrogens (primary N) is 1. The van der Waals surface area contributed by atoms with Crippen LogP contribution in [0.15, 0.2) is 5.38 Å². The van der Waals surface area contributed by atoms with E-state index in [1.165, 1.54) is 5.69 Å². The molecule has 0 spiro atoms. The topological polar surface area (TPSA) is 42.2 Å². The third kappa shape index (κ3) is 3.36. The number of hydrogen-bond acceptors (Lipinski definition) is 4. The Balaban J connectivity index is 2.43. The van der Waals surface area contributed by atoms with Crippen LogP contribution in [-0.2, 0) is 6.54 Å². The average molecular weight is 213 g/mol. The van der Waals surface area contributed by atoms with Crippen molar-refractivity contribution in [1.29, 1.82) is 0 Å². The molecule has 1 rings (SSSR count). The van der Waals surface area contributed by atoms with Crippen molar-refractivity contribution in [3.8, 4) is 0 Å². The molecule has 0 aliphatic rings. The summed E-state index contributed by atoms with van der Waals surface area (Å²) in [6.07, 6.45) is 1.04. The van der Waals surface area contributed by atoms with Crippen LogP contribution in [0.25, 0.3) is 0 Å². The first-order chi connectivity index (χ1) is 6.63. The molecule has 1 atom stereocenters. The number of hydrogen-bond donors (Lipinski definition) is 1. The van der Waals surface area contributed by atoms with Gasteiger partial charge in [0.2, 0.25) is 0 Å². The number of aromatic nitrogens is 1. The van der Waals surface area contributed by atoms with Crippen molar-refractivity contribution < 1.29 is 0 Å². The molecule has 80 valence electrons. The van der Waals surface area contributed by atoms with Gasteiger partial charge in [0.15, 0.2) is 0 Å². The van der Waals surface area contributed by atoms with E-state index in [0.29, 0.717) is 6.04 Å². The van der Waals surface area contributed by atoms with Gasteiger partial charge in [0, 0.05) is 18.0 Å². The summed E-state index contributed by atoms with van der Waals surface area (Å²) in [6, 6.07) is 0.530. The summed E-state index contributed by atoms with van der Waals surface area (Å²) in [5.74, 6) is 0. The molecular weight excluding hydrogens is 194 g/mol. The Hall–Kier alpha value is -0.450. The van der Waals surface area contributed by atoms with Crippen LogP contribution in [0, 0.1) is 6.92 Å². The fraction of sp³-hybridized carbons (Fsp3) is 0.700. The zero-order valence-electron chi connectivity index (χ0n) is 9.16. The summed E-state index contributed by atoms with van der Waals surface area (Å²) in [6.45, 7) is 5.91. The lowest BCUT2D eigenvalue weighted by molar-refractivity contribution is 0.238. The molecule has 0 radical (unpaired) electrons. The first kappa shape index (κ1) is 11.6. The quantitative estimate of drug-likeness (QED) is 0.808. The second-order valence-electron chi connectivity index (χ2n) is 3.70. The first-order valence-electron chi connectivity index (χ1n) is 4.94. The van der Waals surface area contributed by atoms with E-state index in [9.17, 15) is 0 Å². The smallest absolute Gasteiger partial charge is 0.0897 e. The maximum atomic E-state index is 5.52. The van der Waals surface area contributed by atoms with E-state index >= 15 is 0 Å². The first-order valence-corrected chi connectivity index (χ1v) is 5.82. The van der Waals surface area contributed by atoms with E-state index < -0.39 is 0 Å². The Bertz CT molecular complexity index is 272. The molecule has 0 aliphatic carbocycles. The minimum absolute atomic E-state index is 0.530. The Morgan fingerprint density at radius 1 is 1.64 bits per heavy atom. The molecule has 3 nitrogen and oxygen atoms in total. The van der Waals surface area contributed by atoms with E-state index in [1.807, 2.05) is 6.92 Å². The molecule has 1 aromatic heterocycles. The van der Waals surface area contributed by atoms with Crippen molar-refractivity contribution in [1.82, 2.24) is 9.88 Å². The van der Waals surface area contributed by atoms with Crippen LogP contribution in [0.5, 0.6) is 0 Å². The van der Waals surface area contributed by atoms with Crippen LogP contribution in [0.1, 0.15) is 24.0 Å². The van der Waals surface area contributed by atoms with Crippen LogP contribution in [0.3, 0.4) is 0 Å². The summed E-state index contributed by atoms with van der Waals surface area (Å²) >= 11 is 1.71. The summed E-state index contributed by atoms with van der Waals surface area (Å²) in [4.78, 5) is 6.73. The summed E-state index contributed by atoms with van der Waals surface area (Å²) < 4.78 is 0. The van der Waals surface area contributed by atoms with Gasteiger partial charge < -0.3 is 5.73 Å². The van der Waals surface area contributed by atoms with E-state index in [2.05, 4.69) is 29.2 Å². The molecule has 0 saturated carbocycles. The molecule has 1 unspecified atom stereocenters. The van der Waals surface area contributed by atoms with E-state index in [-0.39, 0.29) is 0 Å². The molecule has 0 aliphatic heterocycles. The molecule has 0 saturated heterocycles. The number of nitrogens with zero attached hydrogens (tertiary/aromatic N) is 2. The van der Waals surface area contributed by atoms with Gasteiger partial charge in [0.05, 0.1) is 10.7 Å². The zero-order chi connectivity index (χ0) is 10.6. The molecule has 0 aromatic carbocycles. The summed E-state index contributed by atoms with van der Waals surface area (Å²) in [5.41, 5.74) is 6.69. The minimum atomic E-state index is 0.530. The Kier molecular flexibility index (Phi) is 4.51. The SMILES string of the molecule is Cc1nc(CN(C)C(C)CCN)cs1. The van der Waals surface area contributed by atoms with Gasteiger partial charge in [-0.2, -0.15) is 0 Å². The third-order valence-corrected chi connectivity index (χ3v) is 3.24. The van der Waals surface area contributed by atoms with Gasteiger partial charge in [-0.15, -0.1) is 11.3 Å². The highest BCUT2D eigenvalue weighted by atomic mass is 32.1. The van der Waals surface area contributed by atoms with Gasteiger partial charge in [-0.1, -0.05) is 0 Å². The molecule has 1 aromatic rings. The van der Waals surface area contributed by atoms with Crippen molar-refractivity contribution in [3.05, 3.63) is 16.1 Å². The van der Waals surface area contributed by atoms with Crippen molar-refractivity contribution >= 4 is 11.3 Å². The van der Waals surface area contributed by atoms with Gasteiger partial charge in [-0.05, 0) is 33.9 Å². The predicted octanol–water partition coefficient (Wildman–Crippen LogP) is 1.62. The van der Waals surface area contributed by atoms with Crippen LogP contribution < -0.4 is 5.73 Å². The number of aryl methyl sites for hydroxylation is 1. The van der Waals surface area contributed by atoms with Gasteiger partial charge in [-0.3, -0.25) is 4.90 Å². The molecule has 1 heterocycles.